The van der Waals surface area contributed by atoms with Crippen LogP contribution >= 0.6 is 0 Å². The van der Waals surface area contributed by atoms with Crippen LogP contribution in [0.2, 0.25) is 0 Å². The molecule has 0 bridgehead atoms. The molecular formula is C20H42O5. The number of aliphatic hydroxyl groups is 3. The number of carboxylic acid groups (broad SMARTS) is 1. The molecule has 0 heterocycles. The summed E-state index contributed by atoms with van der Waals surface area (Å²) in [5.74, 6) is -0.704. The van der Waals surface area contributed by atoms with Crippen molar-refractivity contribution in [3.05, 3.63) is 0 Å². The van der Waals surface area contributed by atoms with E-state index in [9.17, 15) is 9.90 Å². The van der Waals surface area contributed by atoms with Crippen LogP contribution in [-0.4, -0.2) is 45.7 Å². The molecule has 0 rings (SSSR count). The Morgan fingerprint density at radius 2 is 1.12 bits per heavy atom. The molecule has 0 aromatic rings. The van der Waals surface area contributed by atoms with Crippen molar-refractivity contribution in [1.82, 2.24) is 0 Å². The number of carbonyl (C=O) groups is 1. The molecular weight excluding hydrogens is 320 g/mol. The molecule has 0 fully saturated rings. The van der Waals surface area contributed by atoms with Gasteiger partial charge in [-0.05, 0) is 19.3 Å². The second-order valence-corrected chi connectivity index (χ2v) is 6.71. The minimum absolute atomic E-state index is 0.125. The number of hydrogen-bond donors (Lipinski definition) is 4. The predicted molar refractivity (Wildman–Crippen MR) is 103 cm³/mol. The summed E-state index contributed by atoms with van der Waals surface area (Å²) in [5, 5.41) is 33.6. The predicted octanol–water partition coefficient (Wildman–Crippen LogP) is 4.27. The molecule has 0 aromatic heterocycles. The Morgan fingerprint density at radius 3 is 1.52 bits per heavy atom. The number of rotatable bonds is 17. The average molecular weight is 363 g/mol. The summed E-state index contributed by atoms with van der Waals surface area (Å²) in [6, 6.07) is 0. The summed E-state index contributed by atoms with van der Waals surface area (Å²) >= 11 is 0. The van der Waals surface area contributed by atoms with Gasteiger partial charge in [0.2, 0.25) is 0 Å². The maximum absolute atomic E-state index is 10.3. The molecule has 5 nitrogen and oxygen atoms in total. The lowest BCUT2D eigenvalue weighted by Gasteiger charge is -2.10. The first-order valence-electron chi connectivity index (χ1n) is 10.2. The van der Waals surface area contributed by atoms with Gasteiger partial charge in [-0.1, -0.05) is 77.6 Å². The molecule has 0 spiro atoms. The van der Waals surface area contributed by atoms with Crippen molar-refractivity contribution in [3.8, 4) is 0 Å². The lowest BCUT2D eigenvalue weighted by molar-refractivity contribution is -0.137. The molecule has 5 heteroatoms. The van der Waals surface area contributed by atoms with Crippen LogP contribution in [0.4, 0.5) is 0 Å². The zero-order chi connectivity index (χ0) is 19.2. The molecule has 0 amide bonds. The monoisotopic (exact) mass is 362 g/mol. The van der Waals surface area contributed by atoms with Crippen molar-refractivity contribution in [1.29, 1.82) is 0 Å². The highest BCUT2D eigenvalue weighted by Gasteiger charge is 2.04. The highest BCUT2D eigenvalue weighted by molar-refractivity contribution is 5.66. The lowest BCUT2D eigenvalue weighted by atomic mass is 10.0. The minimum Gasteiger partial charge on any atom is -0.481 e. The van der Waals surface area contributed by atoms with Gasteiger partial charge in [0.1, 0.15) is 0 Å². The topological polar surface area (TPSA) is 98.0 Å². The quantitative estimate of drug-likeness (QED) is 0.290. The van der Waals surface area contributed by atoms with Gasteiger partial charge in [-0.3, -0.25) is 4.79 Å². The summed E-state index contributed by atoms with van der Waals surface area (Å²) in [4.78, 5) is 10.3. The normalized spacial score (nSPS) is 11.7. The molecule has 1 atom stereocenters. The second kappa shape index (κ2) is 23.4. The molecule has 0 aliphatic heterocycles. The smallest absolute Gasteiger partial charge is 0.303 e. The van der Waals surface area contributed by atoms with Crippen LogP contribution in [0.15, 0.2) is 0 Å². The van der Waals surface area contributed by atoms with E-state index in [4.69, 9.17) is 15.3 Å². The summed E-state index contributed by atoms with van der Waals surface area (Å²) < 4.78 is 0. The number of carboxylic acids is 1. The van der Waals surface area contributed by atoms with Crippen molar-refractivity contribution in [2.75, 3.05) is 13.2 Å². The van der Waals surface area contributed by atoms with E-state index in [-0.39, 0.29) is 25.7 Å². The Hall–Kier alpha value is -0.650. The fourth-order valence-corrected chi connectivity index (χ4v) is 2.67. The Kier molecular flexibility index (Phi) is 24.8. The Morgan fingerprint density at radius 1 is 0.720 bits per heavy atom. The van der Waals surface area contributed by atoms with Gasteiger partial charge in [-0.2, -0.15) is 0 Å². The third kappa shape index (κ3) is 28.4. The fourth-order valence-electron chi connectivity index (χ4n) is 2.67. The van der Waals surface area contributed by atoms with E-state index in [2.05, 4.69) is 6.92 Å². The van der Waals surface area contributed by atoms with Crippen molar-refractivity contribution >= 4 is 5.97 Å². The number of aliphatic carboxylic acids is 1. The first-order chi connectivity index (χ1) is 12.1. The van der Waals surface area contributed by atoms with Gasteiger partial charge >= 0.3 is 5.97 Å². The number of aliphatic hydroxyl groups excluding tert-OH is 3. The molecule has 152 valence electrons. The summed E-state index contributed by atoms with van der Waals surface area (Å²) in [5.41, 5.74) is 0. The van der Waals surface area contributed by atoms with E-state index in [1.54, 1.807) is 0 Å². The number of hydrogen-bond acceptors (Lipinski definition) is 4. The SMILES string of the molecule is CCCCCCCCCCC(O)CCCCCCC(=O)O.OCCO. The molecule has 0 aliphatic carbocycles. The molecule has 0 radical (unpaired) electrons. The van der Waals surface area contributed by atoms with E-state index < -0.39 is 5.97 Å². The van der Waals surface area contributed by atoms with Crippen LogP contribution in [0, 0.1) is 0 Å². The third-order valence-corrected chi connectivity index (χ3v) is 4.17. The van der Waals surface area contributed by atoms with Gasteiger partial charge in [-0.25, -0.2) is 0 Å². The fraction of sp³-hybridized carbons (Fsp3) is 0.950. The van der Waals surface area contributed by atoms with Crippen molar-refractivity contribution in [2.24, 2.45) is 0 Å². The molecule has 0 aromatic carbocycles. The molecule has 0 saturated carbocycles. The van der Waals surface area contributed by atoms with E-state index in [0.29, 0.717) is 0 Å². The van der Waals surface area contributed by atoms with Crippen molar-refractivity contribution in [3.63, 3.8) is 0 Å². The second-order valence-electron chi connectivity index (χ2n) is 6.71. The first kappa shape index (κ1) is 26.6. The van der Waals surface area contributed by atoms with Crippen molar-refractivity contribution in [2.45, 2.75) is 109 Å². The summed E-state index contributed by atoms with van der Waals surface area (Å²) in [6.07, 6.45) is 16.2. The van der Waals surface area contributed by atoms with Gasteiger partial charge in [0.25, 0.3) is 0 Å². The van der Waals surface area contributed by atoms with Crippen LogP contribution in [0.25, 0.3) is 0 Å². The highest BCUT2D eigenvalue weighted by atomic mass is 16.4. The highest BCUT2D eigenvalue weighted by Crippen LogP contribution is 2.14. The lowest BCUT2D eigenvalue weighted by Crippen LogP contribution is -2.06. The van der Waals surface area contributed by atoms with E-state index in [1.807, 2.05) is 0 Å². The standard InChI is InChI=1S/C18H36O3.C2H6O2/c1-2-3-4-5-6-7-8-11-14-17(19)15-12-9-10-13-16-18(20)21;3-1-2-4/h17,19H,2-16H2,1H3,(H,20,21);3-4H,1-2H2. The van der Waals surface area contributed by atoms with Gasteiger partial charge in [0.05, 0.1) is 19.3 Å². The average Bonchev–Trinajstić information content (AvgIpc) is 2.60. The molecule has 25 heavy (non-hydrogen) atoms. The van der Waals surface area contributed by atoms with Gasteiger partial charge in [0.15, 0.2) is 0 Å². The zero-order valence-corrected chi connectivity index (χ0v) is 16.3. The van der Waals surface area contributed by atoms with E-state index in [1.165, 1.54) is 44.9 Å². The van der Waals surface area contributed by atoms with E-state index >= 15 is 0 Å². The van der Waals surface area contributed by atoms with Gasteiger partial charge in [0, 0.05) is 6.42 Å². The maximum atomic E-state index is 10.3. The Balaban J connectivity index is 0. The summed E-state index contributed by atoms with van der Waals surface area (Å²) in [6.45, 7) is 1.99. The molecule has 4 N–H and O–H groups in total. The summed E-state index contributed by atoms with van der Waals surface area (Å²) in [7, 11) is 0. The zero-order valence-electron chi connectivity index (χ0n) is 16.3. The number of unbranched alkanes of at least 4 members (excludes halogenated alkanes) is 10. The Bertz CT molecular complexity index is 256. The molecule has 0 aliphatic rings. The largest absolute Gasteiger partial charge is 0.481 e. The van der Waals surface area contributed by atoms with Gasteiger partial charge in [-0.15, -0.1) is 0 Å². The van der Waals surface area contributed by atoms with E-state index in [0.717, 1.165) is 44.9 Å². The van der Waals surface area contributed by atoms with Gasteiger partial charge < -0.3 is 20.4 Å². The maximum Gasteiger partial charge on any atom is 0.303 e. The first-order valence-corrected chi connectivity index (χ1v) is 10.2. The van der Waals surface area contributed by atoms with Crippen LogP contribution < -0.4 is 0 Å². The van der Waals surface area contributed by atoms with Crippen LogP contribution in [0.3, 0.4) is 0 Å². The molecule has 0 saturated heterocycles. The molecule has 1 unspecified atom stereocenters. The Labute approximate surface area is 154 Å². The van der Waals surface area contributed by atoms with Crippen molar-refractivity contribution < 1.29 is 25.2 Å². The van der Waals surface area contributed by atoms with Crippen LogP contribution in [-0.2, 0) is 4.79 Å². The van der Waals surface area contributed by atoms with Crippen LogP contribution in [0.1, 0.15) is 103 Å². The minimum atomic E-state index is -0.704. The third-order valence-electron chi connectivity index (χ3n) is 4.17. The van der Waals surface area contributed by atoms with Crippen LogP contribution in [0.5, 0.6) is 0 Å².